The van der Waals surface area contributed by atoms with Gasteiger partial charge in [-0.2, -0.15) is 0 Å². The second-order valence-corrected chi connectivity index (χ2v) is 9.89. The first-order chi connectivity index (χ1) is 18.7. The first kappa shape index (κ1) is 30.6. The Morgan fingerprint density at radius 1 is 0.974 bits per heavy atom. The number of hydrogen-bond donors (Lipinski definition) is 7. The Kier molecular flexibility index (Phi) is 11.7. The van der Waals surface area contributed by atoms with Crippen LogP contribution in [-0.4, -0.2) is 81.7 Å². The standard InChI is InChI=1S/C26H39N3O10/c27-12-11-19(30)29-17-13-15(14-37-26(36)28-16-7-5-3-1-2-4-6-8-16)9-10-18(17)38-25-22(33)20(31)21(32)23(39-25)24(34)35/h9-10,13,16,20-23,25,31-33H,1-8,11-12,14,27H2,(H,28,36)(H,29,30)(H,34,35)/t20-,21-,22+,23-,25?/m1/s1. The average Bonchev–Trinajstić information content (AvgIpc) is 3.02. The summed E-state index contributed by atoms with van der Waals surface area (Å²) in [4.78, 5) is 36.1. The van der Waals surface area contributed by atoms with Crippen LogP contribution < -0.4 is 21.1 Å². The van der Waals surface area contributed by atoms with Crippen molar-refractivity contribution >= 4 is 23.7 Å². The van der Waals surface area contributed by atoms with Gasteiger partial charge in [0.05, 0.1) is 5.69 Å². The van der Waals surface area contributed by atoms with E-state index in [9.17, 15) is 34.8 Å². The van der Waals surface area contributed by atoms with Gasteiger partial charge in [0.1, 0.15) is 30.7 Å². The molecule has 1 unspecified atom stereocenters. The lowest BCUT2D eigenvalue weighted by atomic mass is 9.99. The third-order valence-corrected chi connectivity index (χ3v) is 6.79. The maximum Gasteiger partial charge on any atom is 0.407 e. The maximum absolute atomic E-state index is 12.4. The number of carboxylic acid groups (broad SMARTS) is 1. The molecule has 1 aliphatic carbocycles. The lowest BCUT2D eigenvalue weighted by Crippen LogP contribution is -2.61. The minimum absolute atomic E-state index is 0.00148. The van der Waals surface area contributed by atoms with Crippen molar-refractivity contribution in [2.75, 3.05) is 11.9 Å². The van der Waals surface area contributed by atoms with E-state index in [-0.39, 0.29) is 37.1 Å². The summed E-state index contributed by atoms with van der Waals surface area (Å²) >= 11 is 0. The lowest BCUT2D eigenvalue weighted by Gasteiger charge is -2.38. The van der Waals surface area contributed by atoms with E-state index in [2.05, 4.69) is 10.6 Å². The van der Waals surface area contributed by atoms with Gasteiger partial charge >= 0.3 is 12.1 Å². The Labute approximate surface area is 226 Å². The van der Waals surface area contributed by atoms with Gasteiger partial charge in [0.15, 0.2) is 6.10 Å². The Morgan fingerprint density at radius 2 is 1.64 bits per heavy atom. The number of alkyl carbamates (subject to hydrolysis) is 1. The molecule has 8 N–H and O–H groups in total. The number of benzene rings is 1. The van der Waals surface area contributed by atoms with E-state index < -0.39 is 48.7 Å². The molecular formula is C26H39N3O10. The van der Waals surface area contributed by atoms with Gasteiger partial charge in [0.25, 0.3) is 0 Å². The summed E-state index contributed by atoms with van der Waals surface area (Å²) in [5.74, 6) is -2.02. The molecule has 2 aliphatic rings. The summed E-state index contributed by atoms with van der Waals surface area (Å²) in [6.45, 7) is -0.0197. The van der Waals surface area contributed by atoms with Crippen molar-refractivity contribution in [3.8, 4) is 5.75 Å². The van der Waals surface area contributed by atoms with E-state index in [4.69, 9.17) is 19.9 Å². The molecule has 3 rings (SSSR count). The van der Waals surface area contributed by atoms with E-state index in [0.29, 0.717) is 5.56 Å². The number of nitrogens with one attached hydrogen (secondary N) is 2. The number of aliphatic hydroxyl groups is 3. The predicted molar refractivity (Wildman–Crippen MR) is 138 cm³/mol. The number of aliphatic carboxylic acids is 1. The zero-order chi connectivity index (χ0) is 28.4. The number of anilines is 1. The molecular weight excluding hydrogens is 514 g/mol. The SMILES string of the molecule is NCCC(=O)Nc1cc(COC(=O)NC2CCCCCCCC2)ccc1OC1O[C@@H](C(=O)O)[C@H](O)[C@@H](O)[C@@H]1O. The van der Waals surface area contributed by atoms with Crippen LogP contribution in [0.3, 0.4) is 0 Å². The molecule has 0 spiro atoms. The topological polar surface area (TPSA) is 210 Å². The van der Waals surface area contributed by atoms with Crippen molar-refractivity contribution in [3.63, 3.8) is 0 Å². The van der Waals surface area contributed by atoms with Crippen LogP contribution in [0.2, 0.25) is 0 Å². The van der Waals surface area contributed by atoms with E-state index in [1.165, 1.54) is 25.0 Å². The molecule has 39 heavy (non-hydrogen) atoms. The fraction of sp³-hybridized carbons (Fsp3) is 0.654. The molecule has 1 aromatic rings. The van der Waals surface area contributed by atoms with Gasteiger partial charge in [-0.25, -0.2) is 9.59 Å². The minimum atomic E-state index is -1.88. The first-order valence-electron chi connectivity index (χ1n) is 13.3. The summed E-state index contributed by atoms with van der Waals surface area (Å²) in [5, 5.41) is 45.1. The van der Waals surface area contributed by atoms with Crippen LogP contribution in [0.4, 0.5) is 10.5 Å². The highest BCUT2D eigenvalue weighted by atomic mass is 16.7. The molecule has 0 bridgehead atoms. The Balaban J connectivity index is 1.69. The number of rotatable bonds is 9. The van der Waals surface area contributed by atoms with Crippen molar-refractivity contribution in [1.82, 2.24) is 5.32 Å². The monoisotopic (exact) mass is 553 g/mol. The molecule has 1 aliphatic heterocycles. The maximum atomic E-state index is 12.4. The number of carboxylic acids is 1. The molecule has 0 radical (unpaired) electrons. The lowest BCUT2D eigenvalue weighted by molar-refractivity contribution is -0.271. The quantitative estimate of drug-likeness (QED) is 0.229. The van der Waals surface area contributed by atoms with E-state index >= 15 is 0 Å². The number of hydrogen-bond acceptors (Lipinski definition) is 10. The largest absolute Gasteiger partial charge is 0.479 e. The summed E-state index contributed by atoms with van der Waals surface area (Å²) in [5.41, 5.74) is 6.09. The minimum Gasteiger partial charge on any atom is -0.479 e. The number of amides is 2. The van der Waals surface area contributed by atoms with Crippen molar-refractivity contribution < 1.29 is 49.0 Å². The zero-order valence-electron chi connectivity index (χ0n) is 21.8. The number of ether oxygens (including phenoxy) is 3. The highest BCUT2D eigenvalue weighted by Gasteiger charge is 2.48. The third-order valence-electron chi connectivity index (χ3n) is 6.79. The fourth-order valence-electron chi connectivity index (χ4n) is 4.62. The van der Waals surface area contributed by atoms with Crippen LogP contribution in [-0.2, 0) is 25.7 Å². The highest BCUT2D eigenvalue weighted by molar-refractivity contribution is 5.92. The normalized spacial score (nSPS) is 26.4. The Morgan fingerprint density at radius 3 is 2.28 bits per heavy atom. The van der Waals surface area contributed by atoms with E-state index in [1.54, 1.807) is 6.07 Å². The second kappa shape index (κ2) is 15.0. The Bertz CT molecular complexity index is 967. The van der Waals surface area contributed by atoms with Crippen LogP contribution >= 0.6 is 0 Å². The molecule has 5 atom stereocenters. The zero-order valence-corrected chi connectivity index (χ0v) is 21.8. The molecule has 1 saturated carbocycles. The van der Waals surface area contributed by atoms with Gasteiger partial charge in [-0.3, -0.25) is 4.79 Å². The van der Waals surface area contributed by atoms with Crippen molar-refractivity contribution in [1.29, 1.82) is 0 Å². The molecule has 218 valence electrons. The molecule has 1 aromatic carbocycles. The third kappa shape index (κ3) is 9.04. The predicted octanol–water partition coefficient (Wildman–Crippen LogP) is 0.974. The fourth-order valence-corrected chi connectivity index (χ4v) is 4.62. The van der Waals surface area contributed by atoms with E-state index in [0.717, 1.165) is 38.5 Å². The molecule has 1 heterocycles. The summed E-state index contributed by atoms with van der Waals surface area (Å²) in [7, 11) is 0. The number of aliphatic hydroxyl groups excluding tert-OH is 3. The summed E-state index contributed by atoms with van der Waals surface area (Å²) in [6, 6.07) is 4.52. The van der Waals surface area contributed by atoms with E-state index in [1.807, 2.05) is 0 Å². The van der Waals surface area contributed by atoms with Crippen LogP contribution in [0.1, 0.15) is 63.4 Å². The van der Waals surface area contributed by atoms with Gasteiger partial charge in [-0.05, 0) is 30.5 Å². The van der Waals surface area contributed by atoms with Gasteiger partial charge in [-0.15, -0.1) is 0 Å². The molecule has 13 nitrogen and oxygen atoms in total. The van der Waals surface area contributed by atoms with Gasteiger partial charge in [-0.1, -0.05) is 44.6 Å². The first-order valence-corrected chi connectivity index (χ1v) is 13.3. The molecule has 13 heteroatoms. The van der Waals surface area contributed by atoms with Crippen molar-refractivity contribution in [2.45, 2.75) is 101 Å². The Hall–Kier alpha value is -2.97. The van der Waals surface area contributed by atoms with Crippen LogP contribution in [0.15, 0.2) is 18.2 Å². The smallest absolute Gasteiger partial charge is 0.407 e. The van der Waals surface area contributed by atoms with Crippen molar-refractivity contribution in [3.05, 3.63) is 23.8 Å². The van der Waals surface area contributed by atoms with Crippen molar-refractivity contribution in [2.24, 2.45) is 5.73 Å². The van der Waals surface area contributed by atoms with Gasteiger partial charge in [0.2, 0.25) is 12.2 Å². The number of carbonyl (C=O) groups is 3. The molecule has 2 fully saturated rings. The molecule has 1 saturated heterocycles. The summed E-state index contributed by atoms with van der Waals surface area (Å²) in [6.07, 6.45) is -0.916. The second-order valence-electron chi connectivity index (χ2n) is 9.89. The molecule has 2 amide bonds. The van der Waals surface area contributed by atoms with Gasteiger partial charge < -0.3 is 51.0 Å². The van der Waals surface area contributed by atoms with Crippen LogP contribution in [0.25, 0.3) is 0 Å². The van der Waals surface area contributed by atoms with Gasteiger partial charge in [0, 0.05) is 19.0 Å². The van der Waals surface area contributed by atoms with Crippen LogP contribution in [0.5, 0.6) is 5.75 Å². The highest BCUT2D eigenvalue weighted by Crippen LogP contribution is 2.31. The molecule has 0 aromatic heterocycles. The van der Waals surface area contributed by atoms with Crippen LogP contribution in [0, 0.1) is 0 Å². The summed E-state index contributed by atoms with van der Waals surface area (Å²) < 4.78 is 16.2. The number of carbonyl (C=O) groups excluding carboxylic acids is 2. The number of nitrogens with two attached hydrogens (primary N) is 1. The average molecular weight is 554 g/mol.